The number of oxazole rings is 1. The van der Waals surface area contributed by atoms with Crippen LogP contribution in [0, 0.1) is 5.92 Å². The number of sulfonamides is 1. The maximum absolute atomic E-state index is 14.0. The number of β-amino-alcohol motifs (C(OH)–C–C–N with tert-alkyl or cyclic N) is 1. The van der Waals surface area contributed by atoms with Gasteiger partial charge in [-0.3, -0.25) is 24.3 Å². The van der Waals surface area contributed by atoms with E-state index in [1.54, 1.807) is 24.4 Å². The molecule has 310 valence electrons. The first-order valence-corrected chi connectivity index (χ1v) is 21.8. The third kappa shape index (κ3) is 7.74. The van der Waals surface area contributed by atoms with E-state index in [4.69, 9.17) is 47.1 Å². The Labute approximate surface area is 348 Å². The van der Waals surface area contributed by atoms with Crippen LogP contribution in [0.15, 0.2) is 53.1 Å². The number of amides is 1. The average Bonchev–Trinajstić information content (AvgIpc) is 3.48. The van der Waals surface area contributed by atoms with Crippen LogP contribution in [0.25, 0.3) is 44.9 Å². The molecule has 0 unspecified atom stereocenters. The number of aliphatic hydroxyl groups excluding tert-OH is 1. The fraction of sp³-hybridized carbons (Fsp3) is 0.415. The summed E-state index contributed by atoms with van der Waals surface area (Å²) in [6.45, 7) is -0.498. The van der Waals surface area contributed by atoms with E-state index in [2.05, 4.69) is 19.5 Å². The Morgan fingerprint density at radius 3 is 2.42 bits per heavy atom. The van der Waals surface area contributed by atoms with E-state index in [0.29, 0.717) is 120 Å². The SMILES string of the molecule is COc1nc(-c2cccc(-c3cccc(-c4nc5cc6c(c(OC(F)F)c5o4)CC[C@H]6N4CC[C@@H](C(=O)NS(=O)(=O)C5CC5)C4)c3Cl)c2Cl)cnc1CN1CC[C@@H](O)C1. The highest BCUT2D eigenvalue weighted by molar-refractivity contribution is 7.90. The second-order valence-electron chi connectivity index (χ2n) is 15.5. The van der Waals surface area contributed by atoms with Gasteiger partial charge >= 0.3 is 6.61 Å². The molecule has 4 heterocycles. The van der Waals surface area contributed by atoms with Gasteiger partial charge in [-0.05, 0) is 62.8 Å². The van der Waals surface area contributed by atoms with Crippen LogP contribution in [0.5, 0.6) is 11.6 Å². The highest BCUT2D eigenvalue weighted by atomic mass is 35.5. The van der Waals surface area contributed by atoms with E-state index in [-0.39, 0.29) is 34.4 Å². The highest BCUT2D eigenvalue weighted by Gasteiger charge is 2.42. The molecule has 9 rings (SSSR count). The summed E-state index contributed by atoms with van der Waals surface area (Å²) in [7, 11) is -2.15. The molecule has 0 radical (unpaired) electrons. The van der Waals surface area contributed by atoms with Gasteiger partial charge < -0.3 is 19.0 Å². The highest BCUT2D eigenvalue weighted by Crippen LogP contribution is 2.48. The molecule has 2 aliphatic heterocycles. The van der Waals surface area contributed by atoms with Crippen LogP contribution in [0.2, 0.25) is 10.0 Å². The molecule has 5 aromatic rings. The summed E-state index contributed by atoms with van der Waals surface area (Å²) in [6, 6.07) is 12.3. The Morgan fingerprint density at radius 2 is 1.73 bits per heavy atom. The molecule has 1 saturated carbocycles. The molecule has 13 nitrogen and oxygen atoms in total. The summed E-state index contributed by atoms with van der Waals surface area (Å²) < 4.78 is 72.0. The van der Waals surface area contributed by atoms with Gasteiger partial charge in [-0.2, -0.15) is 8.78 Å². The van der Waals surface area contributed by atoms with Crippen LogP contribution in [0.1, 0.15) is 55.0 Å². The number of likely N-dealkylation sites (tertiary alicyclic amines) is 2. The van der Waals surface area contributed by atoms with Gasteiger partial charge in [-0.25, -0.2) is 18.4 Å². The lowest BCUT2D eigenvalue weighted by atomic mass is 9.99. The maximum atomic E-state index is 14.0. The first-order chi connectivity index (χ1) is 28.4. The van der Waals surface area contributed by atoms with Gasteiger partial charge in [0.05, 0.1) is 51.9 Å². The third-order valence-electron chi connectivity index (χ3n) is 11.7. The van der Waals surface area contributed by atoms with Gasteiger partial charge in [0, 0.05) is 54.5 Å². The summed E-state index contributed by atoms with van der Waals surface area (Å²) in [5.41, 5.74) is 4.93. The predicted molar refractivity (Wildman–Crippen MR) is 216 cm³/mol. The van der Waals surface area contributed by atoms with Crippen LogP contribution in [0.3, 0.4) is 0 Å². The molecule has 4 aliphatic rings. The second-order valence-corrected chi connectivity index (χ2v) is 18.2. The number of carbonyl (C=O) groups is 1. The molecule has 18 heteroatoms. The minimum atomic E-state index is -3.67. The molecular weight excluding hydrogens is 829 g/mol. The fourth-order valence-corrected chi connectivity index (χ4v) is 10.6. The van der Waals surface area contributed by atoms with Crippen molar-refractivity contribution in [2.24, 2.45) is 5.92 Å². The Balaban J connectivity index is 1.01. The monoisotopic (exact) mass is 868 g/mol. The van der Waals surface area contributed by atoms with Crippen molar-refractivity contribution in [3.8, 4) is 45.5 Å². The summed E-state index contributed by atoms with van der Waals surface area (Å²) in [5, 5.41) is 10.1. The molecule has 2 aliphatic carbocycles. The number of aromatic nitrogens is 3. The van der Waals surface area contributed by atoms with Crippen molar-refractivity contribution in [3.05, 3.63) is 75.5 Å². The third-order valence-corrected chi connectivity index (χ3v) is 14.3. The van der Waals surface area contributed by atoms with Gasteiger partial charge in [0.1, 0.15) is 11.2 Å². The minimum absolute atomic E-state index is 0.0574. The number of nitrogens with one attached hydrogen (secondary N) is 1. The summed E-state index contributed by atoms with van der Waals surface area (Å²) in [5.74, 6) is -0.691. The molecule has 0 bridgehead atoms. The van der Waals surface area contributed by atoms with Gasteiger partial charge in [-0.1, -0.05) is 53.5 Å². The van der Waals surface area contributed by atoms with Crippen LogP contribution in [-0.2, 0) is 27.8 Å². The first-order valence-electron chi connectivity index (χ1n) is 19.5. The van der Waals surface area contributed by atoms with Crippen molar-refractivity contribution in [2.45, 2.75) is 69.1 Å². The van der Waals surface area contributed by atoms with Crippen molar-refractivity contribution in [2.75, 3.05) is 33.3 Å². The number of hydrogen-bond donors (Lipinski definition) is 2. The summed E-state index contributed by atoms with van der Waals surface area (Å²) >= 11 is 14.2. The number of rotatable bonds is 12. The Bertz CT molecular complexity index is 2580. The zero-order chi connectivity index (χ0) is 41.2. The number of fused-ring (bicyclic) bond motifs is 2. The van der Waals surface area contributed by atoms with Gasteiger partial charge in [0.15, 0.2) is 11.3 Å². The number of carbonyl (C=O) groups excluding carboxylic acids is 1. The molecular formula is C41H40Cl2F2N6O7S. The van der Waals surface area contributed by atoms with E-state index in [1.165, 1.54) is 7.11 Å². The van der Waals surface area contributed by atoms with Crippen molar-refractivity contribution in [3.63, 3.8) is 0 Å². The predicted octanol–water partition coefficient (Wildman–Crippen LogP) is 7.02. The quantitative estimate of drug-likeness (QED) is 0.132. The van der Waals surface area contributed by atoms with Gasteiger partial charge in [-0.15, -0.1) is 0 Å². The normalized spacial score (nSPS) is 21.1. The number of nitrogens with zero attached hydrogens (tertiary/aromatic N) is 5. The Morgan fingerprint density at radius 1 is 1.00 bits per heavy atom. The van der Waals surface area contributed by atoms with Gasteiger partial charge in [0.25, 0.3) is 0 Å². The van der Waals surface area contributed by atoms with Crippen LogP contribution in [-0.4, -0.2) is 95.4 Å². The molecule has 3 aromatic carbocycles. The van der Waals surface area contributed by atoms with E-state index in [0.717, 1.165) is 12.1 Å². The van der Waals surface area contributed by atoms with Gasteiger partial charge in [0.2, 0.25) is 27.7 Å². The lowest BCUT2D eigenvalue weighted by Gasteiger charge is -2.25. The number of methoxy groups -OCH3 is 1. The van der Waals surface area contributed by atoms with Crippen LogP contribution in [0.4, 0.5) is 8.78 Å². The number of benzene rings is 3. The van der Waals surface area contributed by atoms with E-state index in [1.807, 2.05) is 24.3 Å². The molecule has 0 spiro atoms. The van der Waals surface area contributed by atoms with Crippen molar-refractivity contribution in [1.82, 2.24) is 29.5 Å². The topological polar surface area (TPSA) is 160 Å². The number of hydrogen-bond acceptors (Lipinski definition) is 12. The fourth-order valence-electron chi connectivity index (χ4n) is 8.57. The standard InChI is InChI=1S/C41H40Cl2F2N6O7S/c1-56-40-32(20-50-14-13-22(52)19-50)46-17-31(48-40)27-6-2-4-24(34(27)42)25-5-3-7-28(35(25)43)39-47-30-16-29-26(36(37(30)57-39)58-41(44)45)10-11-33(29)51-15-12-21(18-51)38(53)49-59(54,55)23-8-9-23/h2-7,16-17,21-23,33,41,52H,8-15,18-20H2,1H3,(H,49,53)/t21-,22-,33-/m1/s1. The summed E-state index contributed by atoms with van der Waals surface area (Å²) in [6.07, 6.45) is 4.54. The molecule has 59 heavy (non-hydrogen) atoms. The van der Waals surface area contributed by atoms with Crippen LogP contribution < -0.4 is 14.2 Å². The Kier molecular flexibility index (Phi) is 10.7. The lowest BCUT2D eigenvalue weighted by Crippen LogP contribution is -2.38. The van der Waals surface area contributed by atoms with E-state index in [9.17, 15) is 27.1 Å². The maximum Gasteiger partial charge on any atom is 0.387 e. The first kappa shape index (κ1) is 40.0. The van der Waals surface area contributed by atoms with E-state index < -0.39 is 33.7 Å². The molecule has 3 fully saturated rings. The van der Waals surface area contributed by atoms with Crippen molar-refractivity contribution >= 4 is 50.2 Å². The van der Waals surface area contributed by atoms with Crippen molar-refractivity contribution in [1.29, 1.82) is 0 Å². The Hall–Kier alpha value is -4.45. The smallest absolute Gasteiger partial charge is 0.387 e. The number of aliphatic hydroxyl groups is 1. The lowest BCUT2D eigenvalue weighted by molar-refractivity contribution is -0.122. The van der Waals surface area contributed by atoms with E-state index >= 15 is 0 Å². The number of ether oxygens (including phenoxy) is 2. The minimum Gasteiger partial charge on any atom is -0.480 e. The average molecular weight is 870 g/mol. The van der Waals surface area contributed by atoms with Crippen LogP contribution >= 0.6 is 23.2 Å². The largest absolute Gasteiger partial charge is 0.480 e. The number of halogens is 4. The zero-order valence-corrected chi connectivity index (χ0v) is 34.2. The zero-order valence-electron chi connectivity index (χ0n) is 31.8. The molecule has 2 saturated heterocycles. The molecule has 1 amide bonds. The molecule has 2 N–H and O–H groups in total. The number of alkyl halides is 2. The molecule has 2 aromatic heterocycles. The van der Waals surface area contributed by atoms with Crippen molar-refractivity contribution < 1.29 is 41.0 Å². The second kappa shape index (κ2) is 15.9. The summed E-state index contributed by atoms with van der Waals surface area (Å²) in [4.78, 5) is 31.2. The molecule has 3 atom stereocenters.